The molecule has 1 aromatic heterocycles. The van der Waals surface area contributed by atoms with Gasteiger partial charge in [0.15, 0.2) is 27.8 Å². The van der Waals surface area contributed by atoms with Gasteiger partial charge in [0.05, 0.1) is 42.7 Å². The van der Waals surface area contributed by atoms with E-state index in [1.807, 2.05) is 30.3 Å². The van der Waals surface area contributed by atoms with Gasteiger partial charge in [-0.1, -0.05) is 47.7 Å². The van der Waals surface area contributed by atoms with Crippen LogP contribution in [0.15, 0.2) is 76.0 Å². The summed E-state index contributed by atoms with van der Waals surface area (Å²) in [4.78, 5) is 33.0. The molecule has 0 amide bonds. The molecule has 1 atom stereocenters. The van der Waals surface area contributed by atoms with Crippen LogP contribution in [0.5, 0.6) is 28.7 Å². The minimum atomic E-state index is -0.865. The summed E-state index contributed by atoms with van der Waals surface area (Å²) >= 11 is 1.18. The molecule has 6 rings (SSSR count). The molecule has 0 bridgehead atoms. The van der Waals surface area contributed by atoms with Gasteiger partial charge in [0.2, 0.25) is 12.5 Å². The van der Waals surface area contributed by atoms with E-state index in [4.69, 9.17) is 28.7 Å². The number of ether oxygens (including phenoxy) is 5. The van der Waals surface area contributed by atoms with Crippen molar-refractivity contribution in [3.05, 3.63) is 103 Å². The molecule has 214 valence electrons. The SMILES string of the molecule is CCOC(=O)C1=C(c2ccccc2)N=c2sc(=Cc3cc(OC)c(O)c(OC)c3)c(=O)n2[C@@H]1c1ccc2c(c1)OCO2. The van der Waals surface area contributed by atoms with Crippen LogP contribution in [0.4, 0.5) is 0 Å². The molecule has 0 unspecified atom stereocenters. The number of phenolic OH excluding ortho intramolecular Hbond substituents is 1. The average molecular weight is 587 g/mol. The first-order valence-corrected chi connectivity index (χ1v) is 13.9. The van der Waals surface area contributed by atoms with Gasteiger partial charge in [-0.05, 0) is 48.4 Å². The molecule has 0 aliphatic carbocycles. The van der Waals surface area contributed by atoms with Crippen LogP contribution in [-0.4, -0.2) is 43.3 Å². The number of phenols is 1. The van der Waals surface area contributed by atoms with Gasteiger partial charge in [-0.15, -0.1) is 0 Å². The molecule has 0 radical (unpaired) electrons. The Morgan fingerprint density at radius 1 is 1.07 bits per heavy atom. The number of aromatic nitrogens is 1. The number of rotatable bonds is 7. The molecule has 0 saturated heterocycles. The molecular formula is C31H26N2O8S. The predicted molar refractivity (Wildman–Crippen MR) is 155 cm³/mol. The lowest BCUT2D eigenvalue weighted by atomic mass is 9.93. The third-order valence-electron chi connectivity index (χ3n) is 6.89. The van der Waals surface area contributed by atoms with E-state index in [9.17, 15) is 14.7 Å². The number of benzene rings is 3. The van der Waals surface area contributed by atoms with Crippen LogP contribution in [0.25, 0.3) is 11.8 Å². The molecule has 4 aromatic rings. The number of thiazole rings is 1. The second kappa shape index (κ2) is 11.1. The molecule has 0 spiro atoms. The van der Waals surface area contributed by atoms with Crippen molar-refractivity contribution in [1.82, 2.24) is 4.57 Å². The minimum Gasteiger partial charge on any atom is -0.502 e. The second-order valence-corrected chi connectivity index (χ2v) is 10.3. The fourth-order valence-electron chi connectivity index (χ4n) is 4.99. The van der Waals surface area contributed by atoms with Gasteiger partial charge >= 0.3 is 5.97 Å². The van der Waals surface area contributed by atoms with E-state index in [-0.39, 0.29) is 41.8 Å². The standard InChI is InChI=1S/C31H26N2O8S/c1-4-39-30(36)25-26(18-8-6-5-7-9-18)32-31-33(27(25)19-10-11-20-21(15-19)41-16-40-20)29(35)24(42-31)14-17-12-22(37-2)28(34)23(13-17)38-3/h5-15,27,34H,4,16H2,1-3H3/t27-/m1/s1. The number of carbonyl (C=O) groups excluding carboxylic acids is 1. The predicted octanol–water partition coefficient (Wildman–Crippen LogP) is 3.39. The van der Waals surface area contributed by atoms with Crippen LogP contribution in [0.3, 0.4) is 0 Å². The molecule has 42 heavy (non-hydrogen) atoms. The van der Waals surface area contributed by atoms with Crippen molar-refractivity contribution >= 4 is 29.1 Å². The zero-order chi connectivity index (χ0) is 29.4. The first kappa shape index (κ1) is 27.2. The van der Waals surface area contributed by atoms with Crippen LogP contribution < -0.4 is 33.8 Å². The van der Waals surface area contributed by atoms with Crippen molar-refractivity contribution in [2.24, 2.45) is 4.99 Å². The van der Waals surface area contributed by atoms with E-state index in [0.717, 1.165) is 0 Å². The third kappa shape index (κ3) is 4.67. The Balaban J connectivity index is 1.63. The van der Waals surface area contributed by atoms with Gasteiger partial charge in [-0.3, -0.25) is 9.36 Å². The monoisotopic (exact) mass is 586 g/mol. The highest BCUT2D eigenvalue weighted by molar-refractivity contribution is 7.07. The largest absolute Gasteiger partial charge is 0.502 e. The summed E-state index contributed by atoms with van der Waals surface area (Å²) in [6.45, 7) is 1.95. The molecule has 0 fully saturated rings. The maximum Gasteiger partial charge on any atom is 0.338 e. The Kier molecular flexibility index (Phi) is 7.17. The fraction of sp³-hybridized carbons (Fsp3) is 0.194. The van der Waals surface area contributed by atoms with Crippen LogP contribution in [-0.2, 0) is 9.53 Å². The maximum absolute atomic E-state index is 14.1. The third-order valence-corrected chi connectivity index (χ3v) is 7.87. The normalized spacial score (nSPS) is 15.7. The molecule has 0 saturated carbocycles. The van der Waals surface area contributed by atoms with Crippen LogP contribution in [0.1, 0.15) is 29.7 Å². The zero-order valence-corrected chi connectivity index (χ0v) is 23.8. The lowest BCUT2D eigenvalue weighted by Crippen LogP contribution is -2.40. The van der Waals surface area contributed by atoms with Crippen molar-refractivity contribution in [2.75, 3.05) is 27.6 Å². The summed E-state index contributed by atoms with van der Waals surface area (Å²) in [5, 5.41) is 10.3. The highest BCUT2D eigenvalue weighted by atomic mass is 32.1. The molecular weight excluding hydrogens is 560 g/mol. The number of nitrogens with zero attached hydrogens (tertiary/aromatic N) is 2. The van der Waals surface area contributed by atoms with Gasteiger partial charge in [0.25, 0.3) is 5.56 Å². The quantitative estimate of drug-likeness (QED) is 0.328. The van der Waals surface area contributed by atoms with Gasteiger partial charge in [-0.2, -0.15) is 0 Å². The Hall–Kier alpha value is -5.03. The zero-order valence-electron chi connectivity index (χ0n) is 23.0. The van der Waals surface area contributed by atoms with Gasteiger partial charge in [0, 0.05) is 5.56 Å². The maximum atomic E-state index is 14.1. The van der Waals surface area contributed by atoms with E-state index in [0.29, 0.717) is 43.2 Å². The van der Waals surface area contributed by atoms with Crippen molar-refractivity contribution in [3.63, 3.8) is 0 Å². The van der Waals surface area contributed by atoms with E-state index >= 15 is 0 Å². The fourth-order valence-corrected chi connectivity index (χ4v) is 5.99. The number of hydrogen-bond acceptors (Lipinski definition) is 10. The Morgan fingerprint density at radius 2 is 1.79 bits per heavy atom. The van der Waals surface area contributed by atoms with Gasteiger partial charge in [-0.25, -0.2) is 9.79 Å². The minimum absolute atomic E-state index is 0.0803. The lowest BCUT2D eigenvalue weighted by molar-refractivity contribution is -0.138. The smallest absolute Gasteiger partial charge is 0.338 e. The summed E-state index contributed by atoms with van der Waals surface area (Å²) < 4.78 is 29.1. The summed E-state index contributed by atoms with van der Waals surface area (Å²) in [5.74, 6) is 0.758. The van der Waals surface area contributed by atoms with Crippen LogP contribution >= 0.6 is 11.3 Å². The Labute approximate surface area is 244 Å². The summed E-state index contributed by atoms with van der Waals surface area (Å²) in [7, 11) is 2.86. The lowest BCUT2D eigenvalue weighted by Gasteiger charge is -2.26. The Morgan fingerprint density at radius 3 is 2.48 bits per heavy atom. The van der Waals surface area contributed by atoms with E-state index in [2.05, 4.69) is 0 Å². The van der Waals surface area contributed by atoms with Crippen molar-refractivity contribution in [3.8, 4) is 28.7 Å². The molecule has 3 aromatic carbocycles. The molecule has 11 heteroatoms. The van der Waals surface area contributed by atoms with Crippen LogP contribution in [0.2, 0.25) is 0 Å². The molecule has 10 nitrogen and oxygen atoms in total. The number of aromatic hydroxyl groups is 1. The number of hydrogen-bond donors (Lipinski definition) is 1. The summed E-state index contributed by atoms with van der Waals surface area (Å²) in [6.07, 6.45) is 1.67. The van der Waals surface area contributed by atoms with Gasteiger partial charge < -0.3 is 28.8 Å². The molecule has 3 heterocycles. The molecule has 2 aliphatic heterocycles. The summed E-state index contributed by atoms with van der Waals surface area (Å²) in [6, 6.07) is 17.0. The van der Waals surface area contributed by atoms with E-state index in [1.54, 1.807) is 43.3 Å². The topological polar surface area (TPSA) is 118 Å². The van der Waals surface area contributed by atoms with Crippen LogP contribution in [0, 0.1) is 0 Å². The summed E-state index contributed by atoms with van der Waals surface area (Å²) in [5.41, 5.74) is 2.19. The second-order valence-electron chi connectivity index (χ2n) is 9.32. The Bertz CT molecular complexity index is 1880. The average Bonchev–Trinajstić information content (AvgIpc) is 3.61. The molecule has 1 N–H and O–H groups in total. The number of carbonyl (C=O) groups is 1. The van der Waals surface area contributed by atoms with Crippen molar-refractivity contribution in [1.29, 1.82) is 0 Å². The number of fused-ring (bicyclic) bond motifs is 2. The highest BCUT2D eigenvalue weighted by Crippen LogP contribution is 2.40. The van der Waals surface area contributed by atoms with E-state index in [1.165, 1.54) is 30.1 Å². The highest BCUT2D eigenvalue weighted by Gasteiger charge is 2.36. The number of methoxy groups -OCH3 is 2. The first-order valence-electron chi connectivity index (χ1n) is 13.1. The van der Waals surface area contributed by atoms with Crippen molar-refractivity contribution in [2.45, 2.75) is 13.0 Å². The van der Waals surface area contributed by atoms with E-state index < -0.39 is 12.0 Å². The van der Waals surface area contributed by atoms with Gasteiger partial charge in [0.1, 0.15) is 0 Å². The van der Waals surface area contributed by atoms with Crippen molar-refractivity contribution < 1.29 is 33.6 Å². The number of esters is 1. The first-order chi connectivity index (χ1) is 20.4. The molecule has 2 aliphatic rings.